The van der Waals surface area contributed by atoms with Crippen LogP contribution in [0.15, 0.2) is 23.2 Å². The first-order valence-corrected chi connectivity index (χ1v) is 6.66. The lowest BCUT2D eigenvalue weighted by Gasteiger charge is -2.29. The summed E-state index contributed by atoms with van der Waals surface area (Å²) in [6.07, 6.45) is 8.58. The van der Waals surface area contributed by atoms with Crippen LogP contribution in [-0.2, 0) is 5.41 Å². The number of aryl methyl sites for hydroxylation is 2. The summed E-state index contributed by atoms with van der Waals surface area (Å²) in [6.45, 7) is 4.40. The first-order chi connectivity index (χ1) is 8.16. The highest BCUT2D eigenvalue weighted by Crippen LogP contribution is 2.43. The second-order valence-corrected chi connectivity index (χ2v) is 5.51. The van der Waals surface area contributed by atoms with Gasteiger partial charge in [-0.3, -0.25) is 0 Å². The molecule has 92 valence electrons. The molecule has 0 bridgehead atoms. The topological polar surface area (TPSA) is 12.4 Å². The molecule has 0 saturated heterocycles. The van der Waals surface area contributed by atoms with Crippen LogP contribution in [0.25, 0.3) is 0 Å². The Balaban J connectivity index is 2.38. The fourth-order valence-corrected chi connectivity index (χ4v) is 3.21. The van der Waals surface area contributed by atoms with Crippen molar-refractivity contribution < 1.29 is 0 Å². The molecule has 0 N–H and O–H groups in total. The van der Waals surface area contributed by atoms with Crippen LogP contribution in [0, 0.1) is 13.8 Å². The lowest BCUT2D eigenvalue weighted by Crippen LogP contribution is -2.22. The number of benzene rings is 1. The van der Waals surface area contributed by atoms with Gasteiger partial charge in [-0.1, -0.05) is 42.2 Å². The molecule has 0 amide bonds. The van der Waals surface area contributed by atoms with Crippen LogP contribution in [0.2, 0.25) is 0 Å². The second kappa shape index (κ2) is 5.03. The molecule has 1 fully saturated rings. The monoisotopic (exact) mass is 229 g/mol. The van der Waals surface area contributed by atoms with Gasteiger partial charge in [0.2, 0.25) is 0 Å². The Morgan fingerprint density at radius 1 is 1.12 bits per heavy atom. The first kappa shape index (κ1) is 12.3. The minimum Gasteiger partial charge on any atom is -0.301 e. The zero-order valence-corrected chi connectivity index (χ0v) is 11.3. The average molecular weight is 229 g/mol. The molecule has 1 heteroatoms. The van der Waals surface area contributed by atoms with Gasteiger partial charge in [-0.25, -0.2) is 0 Å². The molecule has 1 aromatic carbocycles. The molecule has 0 atom stereocenters. The van der Waals surface area contributed by atoms with Crippen LogP contribution in [0.5, 0.6) is 0 Å². The third kappa shape index (κ3) is 2.59. The van der Waals surface area contributed by atoms with Crippen molar-refractivity contribution in [1.29, 1.82) is 0 Å². The Kier molecular flexibility index (Phi) is 3.66. The number of nitrogens with zero attached hydrogens (tertiary/aromatic N) is 1. The second-order valence-electron chi connectivity index (χ2n) is 5.51. The first-order valence-electron chi connectivity index (χ1n) is 6.66. The van der Waals surface area contributed by atoms with E-state index in [-0.39, 0.29) is 0 Å². The van der Waals surface area contributed by atoms with Crippen LogP contribution in [0.4, 0.5) is 0 Å². The Labute approximate surface area is 105 Å². The zero-order chi connectivity index (χ0) is 12.3. The van der Waals surface area contributed by atoms with Gasteiger partial charge in [0.05, 0.1) is 0 Å². The summed E-state index contributed by atoms with van der Waals surface area (Å²) < 4.78 is 0. The van der Waals surface area contributed by atoms with Crippen LogP contribution < -0.4 is 0 Å². The molecule has 17 heavy (non-hydrogen) atoms. The van der Waals surface area contributed by atoms with E-state index < -0.39 is 0 Å². The minimum absolute atomic E-state index is 0.371. The van der Waals surface area contributed by atoms with E-state index in [1.807, 2.05) is 7.05 Å². The molecule has 0 aromatic heterocycles. The van der Waals surface area contributed by atoms with Crippen molar-refractivity contribution in [1.82, 2.24) is 0 Å². The molecule has 1 aliphatic carbocycles. The third-order valence-corrected chi connectivity index (χ3v) is 4.06. The normalized spacial score (nSPS) is 19.0. The third-order valence-electron chi connectivity index (χ3n) is 4.06. The fourth-order valence-electron chi connectivity index (χ4n) is 3.21. The molecule has 1 aromatic rings. The number of aliphatic imine (C=N–C) groups is 1. The predicted octanol–water partition coefficient (Wildman–Crippen LogP) is 4.21. The maximum absolute atomic E-state index is 4.19. The highest BCUT2D eigenvalue weighted by atomic mass is 14.6. The summed E-state index contributed by atoms with van der Waals surface area (Å²) in [4.78, 5) is 4.19. The van der Waals surface area contributed by atoms with E-state index in [1.54, 1.807) is 0 Å². The van der Waals surface area contributed by atoms with Crippen molar-refractivity contribution in [2.45, 2.75) is 51.4 Å². The van der Waals surface area contributed by atoms with Crippen LogP contribution in [-0.4, -0.2) is 13.3 Å². The molecule has 0 heterocycles. The highest BCUT2D eigenvalue weighted by Gasteiger charge is 2.34. The molecular formula is C16H23N. The quantitative estimate of drug-likeness (QED) is 0.689. The van der Waals surface area contributed by atoms with Crippen molar-refractivity contribution in [2.75, 3.05) is 7.05 Å². The van der Waals surface area contributed by atoms with Crippen LogP contribution >= 0.6 is 0 Å². The summed E-state index contributed by atoms with van der Waals surface area (Å²) in [6, 6.07) is 7.02. The minimum atomic E-state index is 0.371. The molecule has 1 saturated carbocycles. The molecule has 0 radical (unpaired) electrons. The Morgan fingerprint density at radius 3 is 2.24 bits per heavy atom. The van der Waals surface area contributed by atoms with E-state index in [9.17, 15) is 0 Å². The van der Waals surface area contributed by atoms with Crippen molar-refractivity contribution in [3.8, 4) is 0 Å². The summed E-state index contributed by atoms with van der Waals surface area (Å²) in [5.41, 5.74) is 4.68. The fraction of sp³-hybridized carbons (Fsp3) is 0.562. The summed E-state index contributed by atoms with van der Waals surface area (Å²) in [7, 11) is 1.88. The molecule has 1 aliphatic rings. The molecule has 1 nitrogen and oxygen atoms in total. The Bertz CT molecular complexity index is 391. The van der Waals surface area contributed by atoms with Gasteiger partial charge in [0.1, 0.15) is 0 Å². The van der Waals surface area contributed by atoms with Gasteiger partial charge in [0, 0.05) is 12.5 Å². The predicted molar refractivity (Wildman–Crippen MR) is 75.1 cm³/mol. The zero-order valence-electron chi connectivity index (χ0n) is 11.3. The van der Waals surface area contributed by atoms with Gasteiger partial charge in [0.15, 0.2) is 0 Å². The summed E-state index contributed by atoms with van der Waals surface area (Å²) in [5.74, 6) is 0. The maximum Gasteiger partial charge on any atom is 0.0273 e. The maximum atomic E-state index is 4.19. The Morgan fingerprint density at radius 2 is 1.71 bits per heavy atom. The van der Waals surface area contributed by atoms with Gasteiger partial charge in [0.25, 0.3) is 0 Å². The van der Waals surface area contributed by atoms with Crippen molar-refractivity contribution in [3.63, 3.8) is 0 Å². The van der Waals surface area contributed by atoms with Crippen LogP contribution in [0.1, 0.15) is 48.8 Å². The molecule has 0 unspecified atom stereocenters. The standard InChI is InChI=1S/C16H23N/c1-13-10-14(2)12-15(11-13)16(8-9-17-3)6-4-5-7-16/h9-12H,4-8H2,1-3H3/b17-9+. The number of hydrogen-bond acceptors (Lipinski definition) is 1. The number of hydrogen-bond donors (Lipinski definition) is 0. The smallest absolute Gasteiger partial charge is 0.0273 e. The van der Waals surface area contributed by atoms with E-state index in [1.165, 1.54) is 42.4 Å². The Hall–Kier alpha value is -1.11. The highest BCUT2D eigenvalue weighted by molar-refractivity contribution is 5.60. The van der Waals surface area contributed by atoms with E-state index >= 15 is 0 Å². The number of rotatable bonds is 3. The molecule has 0 spiro atoms. The van der Waals surface area contributed by atoms with Gasteiger partial charge >= 0.3 is 0 Å². The molecular weight excluding hydrogens is 206 g/mol. The lowest BCUT2D eigenvalue weighted by atomic mass is 9.75. The molecule has 0 aliphatic heterocycles. The van der Waals surface area contributed by atoms with E-state index in [2.05, 4.69) is 43.3 Å². The van der Waals surface area contributed by atoms with Crippen molar-refractivity contribution in [2.24, 2.45) is 4.99 Å². The average Bonchev–Trinajstić information content (AvgIpc) is 2.75. The van der Waals surface area contributed by atoms with E-state index in [4.69, 9.17) is 0 Å². The van der Waals surface area contributed by atoms with Gasteiger partial charge in [-0.15, -0.1) is 0 Å². The summed E-state index contributed by atoms with van der Waals surface area (Å²) >= 11 is 0. The van der Waals surface area contributed by atoms with E-state index in [0.29, 0.717) is 5.41 Å². The largest absolute Gasteiger partial charge is 0.301 e. The van der Waals surface area contributed by atoms with Crippen LogP contribution in [0.3, 0.4) is 0 Å². The van der Waals surface area contributed by atoms with Crippen molar-refractivity contribution >= 4 is 6.21 Å². The van der Waals surface area contributed by atoms with E-state index in [0.717, 1.165) is 6.42 Å². The van der Waals surface area contributed by atoms with Gasteiger partial charge < -0.3 is 4.99 Å². The van der Waals surface area contributed by atoms with Crippen molar-refractivity contribution in [3.05, 3.63) is 34.9 Å². The molecule has 2 rings (SSSR count). The van der Waals surface area contributed by atoms with Gasteiger partial charge in [-0.05, 0) is 44.9 Å². The summed E-state index contributed by atoms with van der Waals surface area (Å²) in [5, 5.41) is 0. The SMILES string of the molecule is C/N=C/CC1(c2cc(C)cc(C)c2)CCCC1. The lowest BCUT2D eigenvalue weighted by molar-refractivity contribution is 0.461. The van der Waals surface area contributed by atoms with Gasteiger partial charge in [-0.2, -0.15) is 0 Å².